The summed E-state index contributed by atoms with van der Waals surface area (Å²) in [6.07, 6.45) is 8.92. The maximum Gasteiger partial charge on any atom is 0.235 e. The van der Waals surface area contributed by atoms with Crippen molar-refractivity contribution in [3.05, 3.63) is 31.8 Å². The number of anilines is 1. The predicted octanol–water partition coefficient (Wildman–Crippen LogP) is 7.11. The highest BCUT2D eigenvalue weighted by Crippen LogP contribution is 2.45. The van der Waals surface area contributed by atoms with Crippen LogP contribution in [0.2, 0.25) is 0 Å². The molecule has 9 heteroatoms. The SMILES string of the molecule is CCn1c(SCC(=O)Nc2sc3c(c2C#N)CCC(C(C)(C)CC)C3)nnc1-c1csc2c1CCCC2. The van der Waals surface area contributed by atoms with E-state index in [2.05, 4.69) is 59.2 Å². The highest BCUT2D eigenvalue weighted by atomic mass is 32.2. The topological polar surface area (TPSA) is 83.6 Å². The molecular formula is C28H35N5OS3. The van der Waals surface area contributed by atoms with Crippen LogP contribution >= 0.6 is 34.4 Å². The van der Waals surface area contributed by atoms with E-state index in [4.69, 9.17) is 0 Å². The molecule has 0 saturated heterocycles. The highest BCUT2D eigenvalue weighted by molar-refractivity contribution is 7.99. The van der Waals surface area contributed by atoms with Crippen LogP contribution in [0.15, 0.2) is 10.5 Å². The average molecular weight is 554 g/mol. The minimum absolute atomic E-state index is 0.106. The molecule has 0 saturated carbocycles. The zero-order chi connectivity index (χ0) is 26.2. The number of aromatic nitrogens is 3. The first kappa shape index (κ1) is 26.5. The lowest BCUT2D eigenvalue weighted by molar-refractivity contribution is -0.113. The molecule has 5 rings (SSSR count). The van der Waals surface area contributed by atoms with Gasteiger partial charge in [0, 0.05) is 27.2 Å². The van der Waals surface area contributed by atoms with E-state index < -0.39 is 0 Å². The average Bonchev–Trinajstić information content (AvgIpc) is 3.60. The zero-order valence-corrected chi connectivity index (χ0v) is 24.6. The van der Waals surface area contributed by atoms with Gasteiger partial charge in [-0.3, -0.25) is 4.79 Å². The van der Waals surface area contributed by atoms with E-state index in [1.54, 1.807) is 11.3 Å². The highest BCUT2D eigenvalue weighted by Gasteiger charge is 2.34. The molecule has 0 radical (unpaired) electrons. The van der Waals surface area contributed by atoms with Gasteiger partial charge in [0.2, 0.25) is 5.91 Å². The number of hydrogen-bond donors (Lipinski definition) is 1. The molecule has 0 aliphatic heterocycles. The fraction of sp³-hybridized carbons (Fsp3) is 0.571. The molecular weight excluding hydrogens is 519 g/mol. The number of aryl methyl sites for hydroxylation is 1. The summed E-state index contributed by atoms with van der Waals surface area (Å²) >= 11 is 4.84. The molecule has 3 aromatic heterocycles. The molecule has 1 amide bonds. The van der Waals surface area contributed by atoms with Gasteiger partial charge in [0.15, 0.2) is 11.0 Å². The molecule has 1 atom stereocenters. The van der Waals surface area contributed by atoms with E-state index in [-0.39, 0.29) is 17.1 Å². The minimum Gasteiger partial charge on any atom is -0.316 e. The van der Waals surface area contributed by atoms with E-state index in [1.165, 1.54) is 45.5 Å². The standard InChI is InChI=1S/C28H35N5OS3/c1-5-28(3,4)17-11-12-19-20(14-29)26(37-23(19)13-17)30-24(34)16-36-27-32-31-25(33(27)6-2)21-15-35-22-10-8-7-9-18(21)22/h15,17H,5-13,16H2,1-4H3,(H,30,34). The molecule has 0 spiro atoms. The van der Waals surface area contributed by atoms with Crippen molar-refractivity contribution in [1.29, 1.82) is 5.26 Å². The number of amides is 1. The smallest absolute Gasteiger partial charge is 0.235 e. The molecule has 2 aliphatic carbocycles. The largest absolute Gasteiger partial charge is 0.316 e. The maximum absolute atomic E-state index is 13.0. The van der Waals surface area contributed by atoms with Crippen LogP contribution in [0.3, 0.4) is 0 Å². The van der Waals surface area contributed by atoms with Crippen LogP contribution in [-0.4, -0.2) is 26.4 Å². The van der Waals surface area contributed by atoms with Crippen molar-refractivity contribution in [1.82, 2.24) is 14.8 Å². The normalized spacial score (nSPS) is 17.2. The Labute approximate surface area is 231 Å². The molecule has 1 unspecified atom stereocenters. The summed E-state index contributed by atoms with van der Waals surface area (Å²) < 4.78 is 2.12. The van der Waals surface area contributed by atoms with Gasteiger partial charge in [0.1, 0.15) is 11.1 Å². The minimum atomic E-state index is -0.106. The maximum atomic E-state index is 13.0. The van der Waals surface area contributed by atoms with Crippen LogP contribution in [0.5, 0.6) is 0 Å². The van der Waals surface area contributed by atoms with Gasteiger partial charge in [0.05, 0.1) is 11.3 Å². The van der Waals surface area contributed by atoms with Gasteiger partial charge in [-0.2, -0.15) is 5.26 Å². The van der Waals surface area contributed by atoms with E-state index in [0.29, 0.717) is 16.5 Å². The first-order valence-electron chi connectivity index (χ1n) is 13.4. The van der Waals surface area contributed by atoms with Gasteiger partial charge in [-0.15, -0.1) is 32.9 Å². The molecule has 3 aromatic rings. The third-order valence-corrected chi connectivity index (χ3v) is 11.5. The van der Waals surface area contributed by atoms with Crippen molar-refractivity contribution >= 4 is 45.3 Å². The van der Waals surface area contributed by atoms with Crippen LogP contribution in [0.1, 0.15) is 79.8 Å². The molecule has 3 heterocycles. The lowest BCUT2D eigenvalue weighted by Gasteiger charge is -2.36. The van der Waals surface area contributed by atoms with Crippen LogP contribution in [0, 0.1) is 22.7 Å². The number of rotatable bonds is 8. The third-order valence-electron chi connectivity index (χ3n) is 8.31. The number of nitriles is 1. The number of carbonyl (C=O) groups excluding carboxylic acids is 1. The Morgan fingerprint density at radius 1 is 1.22 bits per heavy atom. The second kappa shape index (κ2) is 10.9. The molecule has 2 aliphatic rings. The van der Waals surface area contributed by atoms with E-state index in [0.717, 1.165) is 61.6 Å². The Kier molecular flexibility index (Phi) is 7.80. The number of carbonyl (C=O) groups is 1. The Morgan fingerprint density at radius 2 is 2.03 bits per heavy atom. The second-order valence-corrected chi connectivity index (χ2v) is 13.8. The van der Waals surface area contributed by atoms with Gasteiger partial charge in [0.25, 0.3) is 0 Å². The Balaban J connectivity index is 1.28. The van der Waals surface area contributed by atoms with Gasteiger partial charge >= 0.3 is 0 Å². The van der Waals surface area contributed by atoms with Crippen molar-refractivity contribution in [3.8, 4) is 17.5 Å². The predicted molar refractivity (Wildman–Crippen MR) is 154 cm³/mol. The van der Waals surface area contributed by atoms with E-state index in [1.807, 2.05) is 11.3 Å². The fourth-order valence-corrected chi connectivity index (χ4v) is 8.82. The monoisotopic (exact) mass is 553 g/mol. The van der Waals surface area contributed by atoms with Crippen molar-refractivity contribution in [3.63, 3.8) is 0 Å². The third kappa shape index (κ3) is 5.13. The fourth-order valence-electron chi connectivity index (χ4n) is 5.60. The Hall–Kier alpha value is -2.15. The molecule has 6 nitrogen and oxygen atoms in total. The van der Waals surface area contributed by atoms with Gasteiger partial charge < -0.3 is 9.88 Å². The number of thioether (sulfide) groups is 1. The van der Waals surface area contributed by atoms with Crippen molar-refractivity contribution in [2.75, 3.05) is 11.1 Å². The number of hydrogen-bond acceptors (Lipinski definition) is 7. The van der Waals surface area contributed by atoms with Crippen molar-refractivity contribution in [2.45, 2.75) is 90.8 Å². The quantitative estimate of drug-likeness (QED) is 0.301. The summed E-state index contributed by atoms with van der Waals surface area (Å²) in [5, 5.41) is 25.6. The number of nitrogens with zero attached hydrogens (tertiary/aromatic N) is 4. The van der Waals surface area contributed by atoms with Gasteiger partial charge in [-0.05, 0) is 74.3 Å². The number of nitrogens with one attached hydrogen (secondary N) is 1. The second-order valence-electron chi connectivity index (χ2n) is 10.7. The van der Waals surface area contributed by atoms with Crippen molar-refractivity contribution < 1.29 is 4.79 Å². The summed E-state index contributed by atoms with van der Waals surface area (Å²) in [7, 11) is 0. The number of fused-ring (bicyclic) bond motifs is 2. The van der Waals surface area contributed by atoms with Crippen LogP contribution in [0.4, 0.5) is 5.00 Å². The van der Waals surface area contributed by atoms with Crippen LogP contribution < -0.4 is 5.32 Å². The van der Waals surface area contributed by atoms with Gasteiger partial charge in [-0.25, -0.2) is 0 Å². The zero-order valence-electron chi connectivity index (χ0n) is 22.1. The van der Waals surface area contributed by atoms with E-state index in [9.17, 15) is 10.1 Å². The van der Waals surface area contributed by atoms with E-state index >= 15 is 0 Å². The summed E-state index contributed by atoms with van der Waals surface area (Å²) in [4.78, 5) is 15.7. The van der Waals surface area contributed by atoms with Gasteiger partial charge in [-0.1, -0.05) is 39.0 Å². The Bertz CT molecular complexity index is 1340. The molecule has 0 fully saturated rings. The molecule has 1 N–H and O–H groups in total. The lowest BCUT2D eigenvalue weighted by atomic mass is 9.69. The Morgan fingerprint density at radius 3 is 2.78 bits per heavy atom. The first-order valence-corrected chi connectivity index (χ1v) is 16.0. The molecule has 0 bridgehead atoms. The summed E-state index contributed by atoms with van der Waals surface area (Å²) in [6, 6.07) is 2.38. The molecule has 0 aromatic carbocycles. The summed E-state index contributed by atoms with van der Waals surface area (Å²) in [6.45, 7) is 9.79. The number of thiophene rings is 2. The first-order chi connectivity index (χ1) is 17.9. The summed E-state index contributed by atoms with van der Waals surface area (Å²) in [5.41, 5.74) is 4.73. The summed E-state index contributed by atoms with van der Waals surface area (Å²) in [5.74, 6) is 1.65. The molecule has 37 heavy (non-hydrogen) atoms. The molecule has 196 valence electrons. The van der Waals surface area contributed by atoms with Crippen molar-refractivity contribution in [2.24, 2.45) is 11.3 Å². The lowest BCUT2D eigenvalue weighted by Crippen LogP contribution is -2.28. The van der Waals surface area contributed by atoms with Crippen LogP contribution in [0.25, 0.3) is 11.4 Å². The van der Waals surface area contributed by atoms with Crippen LogP contribution in [-0.2, 0) is 37.0 Å².